The van der Waals surface area contributed by atoms with Crippen molar-refractivity contribution in [3.05, 3.63) is 61.1 Å². The summed E-state index contributed by atoms with van der Waals surface area (Å²) >= 11 is 0. The van der Waals surface area contributed by atoms with Gasteiger partial charge in [-0.1, -0.05) is 0 Å². The monoisotopic (exact) mass is 268 g/mol. The largest absolute Gasteiger partial charge is 0.469 e. The van der Waals surface area contributed by atoms with Crippen LogP contribution in [0.5, 0.6) is 0 Å². The molecule has 3 rings (SSSR count). The fraction of sp³-hybridized carbons (Fsp3) is 0.200. The molecule has 5 nitrogen and oxygen atoms in total. The van der Waals surface area contributed by atoms with Gasteiger partial charge in [0.25, 0.3) is 0 Å². The van der Waals surface area contributed by atoms with Crippen LogP contribution < -0.4 is 5.32 Å². The van der Waals surface area contributed by atoms with Gasteiger partial charge in [-0.2, -0.15) is 5.10 Å². The first kappa shape index (κ1) is 12.5. The number of anilines is 1. The number of nitrogens with one attached hydrogen (secondary N) is 1. The Morgan fingerprint density at radius 1 is 1.25 bits per heavy atom. The average Bonchev–Trinajstić information content (AvgIpc) is 3.12. The normalized spacial score (nSPS) is 12.2. The number of nitrogens with zero attached hydrogens (tertiary/aromatic N) is 3. The highest BCUT2D eigenvalue weighted by Gasteiger charge is 2.06. The zero-order valence-corrected chi connectivity index (χ0v) is 11.2. The zero-order chi connectivity index (χ0) is 13.8. The molecule has 1 unspecified atom stereocenters. The van der Waals surface area contributed by atoms with Crippen molar-refractivity contribution >= 4 is 5.69 Å². The summed E-state index contributed by atoms with van der Waals surface area (Å²) in [5.41, 5.74) is 2.07. The second kappa shape index (κ2) is 5.61. The molecule has 0 radical (unpaired) electrons. The first-order valence-corrected chi connectivity index (χ1v) is 6.55. The molecule has 0 bridgehead atoms. The third-order valence-electron chi connectivity index (χ3n) is 3.05. The molecule has 0 aliphatic heterocycles. The van der Waals surface area contributed by atoms with Gasteiger partial charge in [0, 0.05) is 18.2 Å². The molecule has 0 aliphatic rings. The predicted molar refractivity (Wildman–Crippen MR) is 76.9 cm³/mol. The summed E-state index contributed by atoms with van der Waals surface area (Å²) < 4.78 is 7.08. The average molecular weight is 268 g/mol. The summed E-state index contributed by atoms with van der Waals surface area (Å²) in [7, 11) is 0. The van der Waals surface area contributed by atoms with Gasteiger partial charge in [0.05, 0.1) is 12.0 Å². The van der Waals surface area contributed by atoms with Crippen LogP contribution in [0.4, 0.5) is 5.69 Å². The number of benzene rings is 1. The second-order valence-corrected chi connectivity index (χ2v) is 4.72. The van der Waals surface area contributed by atoms with Crippen LogP contribution in [0.1, 0.15) is 12.7 Å². The van der Waals surface area contributed by atoms with Crippen LogP contribution >= 0.6 is 0 Å². The van der Waals surface area contributed by atoms with Crippen molar-refractivity contribution in [2.75, 3.05) is 5.32 Å². The van der Waals surface area contributed by atoms with E-state index in [4.69, 9.17) is 4.42 Å². The van der Waals surface area contributed by atoms with Crippen molar-refractivity contribution in [2.45, 2.75) is 19.4 Å². The Balaban J connectivity index is 1.63. The maximum atomic E-state index is 5.35. The summed E-state index contributed by atoms with van der Waals surface area (Å²) in [6.07, 6.45) is 5.77. The molecular formula is C15H16N4O. The summed E-state index contributed by atoms with van der Waals surface area (Å²) in [6.45, 7) is 2.13. The van der Waals surface area contributed by atoms with E-state index in [9.17, 15) is 0 Å². The van der Waals surface area contributed by atoms with E-state index < -0.39 is 0 Å². The SMILES string of the molecule is CC(Cc1ccco1)Nc1ccc(-n2cncn2)cc1. The summed E-state index contributed by atoms with van der Waals surface area (Å²) in [5, 5.41) is 7.55. The van der Waals surface area contributed by atoms with Crippen LogP contribution in [0.25, 0.3) is 5.69 Å². The highest BCUT2D eigenvalue weighted by Crippen LogP contribution is 2.14. The third kappa shape index (κ3) is 2.88. The van der Waals surface area contributed by atoms with E-state index in [1.54, 1.807) is 17.3 Å². The highest BCUT2D eigenvalue weighted by atomic mass is 16.3. The Morgan fingerprint density at radius 3 is 2.75 bits per heavy atom. The quantitative estimate of drug-likeness (QED) is 0.773. The van der Waals surface area contributed by atoms with E-state index in [0.717, 1.165) is 23.6 Å². The van der Waals surface area contributed by atoms with E-state index in [2.05, 4.69) is 22.3 Å². The fourth-order valence-electron chi connectivity index (χ4n) is 2.12. The van der Waals surface area contributed by atoms with Gasteiger partial charge < -0.3 is 9.73 Å². The van der Waals surface area contributed by atoms with Gasteiger partial charge in [-0.15, -0.1) is 0 Å². The highest BCUT2D eigenvalue weighted by molar-refractivity contribution is 5.49. The molecule has 1 N–H and O–H groups in total. The predicted octanol–water partition coefficient (Wildman–Crippen LogP) is 2.90. The lowest BCUT2D eigenvalue weighted by Crippen LogP contribution is -2.17. The molecule has 2 aromatic heterocycles. The first-order chi connectivity index (χ1) is 9.81. The minimum Gasteiger partial charge on any atom is -0.469 e. The molecule has 0 fully saturated rings. The molecule has 1 aromatic carbocycles. The number of hydrogen-bond acceptors (Lipinski definition) is 4. The minimum atomic E-state index is 0.304. The van der Waals surface area contributed by atoms with Crippen LogP contribution in [0.15, 0.2) is 59.7 Å². The molecular weight excluding hydrogens is 252 g/mol. The van der Waals surface area contributed by atoms with Crippen LogP contribution in [-0.4, -0.2) is 20.8 Å². The number of hydrogen-bond donors (Lipinski definition) is 1. The lowest BCUT2D eigenvalue weighted by atomic mass is 10.2. The number of aromatic nitrogens is 3. The van der Waals surface area contributed by atoms with Gasteiger partial charge in [-0.25, -0.2) is 9.67 Å². The van der Waals surface area contributed by atoms with Crippen LogP contribution in [0.2, 0.25) is 0 Å². The van der Waals surface area contributed by atoms with Crippen molar-refractivity contribution in [3.63, 3.8) is 0 Å². The van der Waals surface area contributed by atoms with Gasteiger partial charge >= 0.3 is 0 Å². The Bertz CT molecular complexity index is 629. The molecule has 20 heavy (non-hydrogen) atoms. The number of furan rings is 1. The van der Waals surface area contributed by atoms with E-state index in [1.807, 2.05) is 36.4 Å². The number of rotatable bonds is 5. The van der Waals surface area contributed by atoms with Crippen molar-refractivity contribution < 1.29 is 4.42 Å². The molecule has 0 amide bonds. The topological polar surface area (TPSA) is 55.9 Å². The minimum absolute atomic E-state index is 0.304. The van der Waals surface area contributed by atoms with Gasteiger partial charge in [0.15, 0.2) is 0 Å². The summed E-state index contributed by atoms with van der Waals surface area (Å²) in [4.78, 5) is 3.94. The Morgan fingerprint density at radius 2 is 2.10 bits per heavy atom. The maximum Gasteiger partial charge on any atom is 0.138 e. The van der Waals surface area contributed by atoms with Crippen LogP contribution in [-0.2, 0) is 6.42 Å². The standard InChI is InChI=1S/C15H16N4O/c1-12(9-15-3-2-8-20-15)18-13-4-6-14(7-5-13)19-11-16-10-17-19/h2-8,10-12,18H,9H2,1H3. The van der Waals surface area contributed by atoms with Crippen LogP contribution in [0, 0.1) is 0 Å². The van der Waals surface area contributed by atoms with Gasteiger partial charge in [-0.3, -0.25) is 0 Å². The van der Waals surface area contributed by atoms with Gasteiger partial charge in [0.2, 0.25) is 0 Å². The van der Waals surface area contributed by atoms with Crippen molar-refractivity contribution in [2.24, 2.45) is 0 Å². The van der Waals surface area contributed by atoms with Gasteiger partial charge in [-0.05, 0) is 43.3 Å². The van der Waals surface area contributed by atoms with E-state index in [-0.39, 0.29) is 0 Å². The Kier molecular flexibility index (Phi) is 3.50. The smallest absolute Gasteiger partial charge is 0.138 e. The Hall–Kier alpha value is -2.56. The molecule has 0 spiro atoms. The van der Waals surface area contributed by atoms with Crippen molar-refractivity contribution in [1.82, 2.24) is 14.8 Å². The Labute approximate surface area is 117 Å². The molecule has 2 heterocycles. The molecule has 0 aliphatic carbocycles. The molecule has 5 heteroatoms. The third-order valence-corrected chi connectivity index (χ3v) is 3.05. The molecule has 0 saturated carbocycles. The lowest BCUT2D eigenvalue weighted by Gasteiger charge is -2.14. The van der Waals surface area contributed by atoms with Crippen molar-refractivity contribution in [1.29, 1.82) is 0 Å². The molecule has 1 atom stereocenters. The fourth-order valence-corrected chi connectivity index (χ4v) is 2.12. The summed E-state index contributed by atoms with van der Waals surface area (Å²) in [6, 6.07) is 12.3. The van der Waals surface area contributed by atoms with Crippen molar-refractivity contribution in [3.8, 4) is 5.69 Å². The summed E-state index contributed by atoms with van der Waals surface area (Å²) in [5.74, 6) is 0.990. The maximum absolute atomic E-state index is 5.35. The van der Waals surface area contributed by atoms with E-state index >= 15 is 0 Å². The molecule has 3 aromatic rings. The molecule has 102 valence electrons. The van der Waals surface area contributed by atoms with E-state index in [0.29, 0.717) is 6.04 Å². The lowest BCUT2D eigenvalue weighted by molar-refractivity contribution is 0.498. The second-order valence-electron chi connectivity index (χ2n) is 4.72. The zero-order valence-electron chi connectivity index (χ0n) is 11.2. The van der Waals surface area contributed by atoms with E-state index in [1.165, 1.54) is 6.33 Å². The first-order valence-electron chi connectivity index (χ1n) is 6.55. The van der Waals surface area contributed by atoms with Gasteiger partial charge in [0.1, 0.15) is 18.4 Å². The molecule has 0 saturated heterocycles. The van der Waals surface area contributed by atoms with Crippen LogP contribution in [0.3, 0.4) is 0 Å².